The van der Waals surface area contributed by atoms with Gasteiger partial charge in [-0.25, -0.2) is 9.51 Å². The second-order valence-electron chi connectivity index (χ2n) is 7.34. The predicted molar refractivity (Wildman–Crippen MR) is 106 cm³/mol. The number of allylic oxidation sites excluding steroid dienone is 3. The van der Waals surface area contributed by atoms with E-state index >= 15 is 0 Å². The van der Waals surface area contributed by atoms with Gasteiger partial charge in [0.1, 0.15) is 17.2 Å². The zero-order valence-electron chi connectivity index (χ0n) is 15.4. The molecule has 0 saturated carbocycles. The molecule has 0 spiro atoms. The Kier molecular flexibility index (Phi) is 4.90. The molecule has 0 radical (unpaired) electrons. The molecule has 1 aliphatic carbocycles. The second-order valence-corrected chi connectivity index (χ2v) is 7.34. The summed E-state index contributed by atoms with van der Waals surface area (Å²) in [5.74, 6) is 0.677. The second kappa shape index (κ2) is 7.13. The van der Waals surface area contributed by atoms with Gasteiger partial charge in [0, 0.05) is 25.2 Å². The van der Waals surface area contributed by atoms with Gasteiger partial charge in [0.2, 0.25) is 0 Å². The van der Waals surface area contributed by atoms with Crippen LogP contribution in [-0.4, -0.2) is 64.9 Å². The summed E-state index contributed by atoms with van der Waals surface area (Å²) in [7, 11) is 6.51. The maximum Gasteiger partial charge on any atom is 0.175 e. The van der Waals surface area contributed by atoms with Crippen LogP contribution in [0.5, 0.6) is 0 Å². The molecule has 0 fully saturated rings. The first-order valence-electron chi connectivity index (χ1n) is 8.61. The van der Waals surface area contributed by atoms with Gasteiger partial charge in [-0.2, -0.15) is 0 Å². The lowest BCUT2D eigenvalue weighted by molar-refractivity contribution is -0.870. The van der Waals surface area contributed by atoms with Gasteiger partial charge in [-0.3, -0.25) is 0 Å². The first-order chi connectivity index (χ1) is 12.3. The Morgan fingerprint density at radius 3 is 2.81 bits per heavy atom. The number of quaternary nitrogens is 1. The highest BCUT2D eigenvalue weighted by atomic mass is 16.3. The number of hydrogen-bond acceptors (Lipinski definition) is 5. The first-order valence-corrected chi connectivity index (χ1v) is 8.61. The van der Waals surface area contributed by atoms with Crippen LogP contribution in [0.25, 0.3) is 5.52 Å². The number of aliphatic hydroxyl groups excluding tert-OH is 1. The number of aromatic nitrogens is 2. The van der Waals surface area contributed by atoms with Crippen LogP contribution in [0.4, 0.5) is 11.5 Å². The monoisotopic (exact) mass is 353 g/mol. The Hall–Kier alpha value is -2.93. The smallest absolute Gasteiger partial charge is 0.175 e. The van der Waals surface area contributed by atoms with Crippen molar-refractivity contribution in [3.05, 3.63) is 48.4 Å². The molecule has 7 heteroatoms. The van der Waals surface area contributed by atoms with E-state index < -0.39 is 0 Å². The lowest BCUT2D eigenvalue weighted by atomic mass is 10.1. The summed E-state index contributed by atoms with van der Waals surface area (Å²) in [5.41, 5.74) is 2.22. The van der Waals surface area contributed by atoms with Crippen molar-refractivity contribution in [1.29, 1.82) is 5.41 Å². The Bertz CT molecular complexity index is 914. The quantitative estimate of drug-likeness (QED) is 0.424. The molecule has 0 aromatic carbocycles. The molecule has 0 bridgehead atoms. The Labute approximate surface area is 153 Å². The van der Waals surface area contributed by atoms with Crippen LogP contribution in [0.15, 0.2) is 53.4 Å². The molecule has 7 nitrogen and oxygen atoms in total. The van der Waals surface area contributed by atoms with Crippen molar-refractivity contribution >= 4 is 28.4 Å². The fourth-order valence-corrected chi connectivity index (χ4v) is 2.71. The molecule has 0 saturated heterocycles. The van der Waals surface area contributed by atoms with E-state index in [1.807, 2.05) is 24.4 Å². The standard InChI is InChI=1S/C19H24N6O/c1-25(2,3)12-6-10-21-19-18(16-7-4-5-11-24(16)23-19)22-15-9-8-14(20)13-17(15)26/h4-5,7-9,11,13H,6,10,12H2,1-3H3,(H2-,20,21,23,26)/p+1/b22-15+. The van der Waals surface area contributed by atoms with Gasteiger partial charge in [-0.15, -0.1) is 5.10 Å². The molecular formula is C19H25N6O+. The van der Waals surface area contributed by atoms with Gasteiger partial charge in [0.25, 0.3) is 0 Å². The Morgan fingerprint density at radius 2 is 2.08 bits per heavy atom. The average Bonchev–Trinajstić information content (AvgIpc) is 2.91. The fourth-order valence-electron chi connectivity index (χ4n) is 2.71. The van der Waals surface area contributed by atoms with Gasteiger partial charge in [-0.05, 0) is 24.3 Å². The van der Waals surface area contributed by atoms with Crippen molar-refractivity contribution in [3.8, 4) is 0 Å². The maximum absolute atomic E-state index is 10.1. The van der Waals surface area contributed by atoms with E-state index in [0.717, 1.165) is 29.5 Å². The van der Waals surface area contributed by atoms with Crippen molar-refractivity contribution < 1.29 is 9.59 Å². The van der Waals surface area contributed by atoms with Crippen LogP contribution in [0.2, 0.25) is 0 Å². The van der Waals surface area contributed by atoms with Crippen LogP contribution >= 0.6 is 0 Å². The number of hydrogen-bond donors (Lipinski definition) is 3. The third-order valence-electron chi connectivity index (χ3n) is 4.02. The molecule has 3 rings (SSSR count). The first kappa shape index (κ1) is 17.9. The minimum absolute atomic E-state index is 0.0104. The summed E-state index contributed by atoms with van der Waals surface area (Å²) in [6, 6.07) is 5.79. The summed E-state index contributed by atoms with van der Waals surface area (Å²) in [5, 5.41) is 25.6. The van der Waals surface area contributed by atoms with Crippen molar-refractivity contribution in [1.82, 2.24) is 9.61 Å². The lowest BCUT2D eigenvalue weighted by Crippen LogP contribution is -2.36. The summed E-state index contributed by atoms with van der Waals surface area (Å²) in [4.78, 5) is 4.61. The fraction of sp³-hybridized carbons (Fsp3) is 0.316. The number of anilines is 1. The third kappa shape index (κ3) is 4.18. The summed E-state index contributed by atoms with van der Waals surface area (Å²) in [6.45, 7) is 1.85. The lowest BCUT2D eigenvalue weighted by Gasteiger charge is -2.23. The highest BCUT2D eigenvalue weighted by Crippen LogP contribution is 2.30. The molecule has 2 aromatic heterocycles. The van der Waals surface area contributed by atoms with Crippen molar-refractivity contribution in [2.75, 3.05) is 39.5 Å². The largest absolute Gasteiger partial charge is 0.506 e. The zero-order chi connectivity index (χ0) is 18.7. The van der Waals surface area contributed by atoms with Gasteiger partial charge in [0.15, 0.2) is 5.82 Å². The molecule has 0 amide bonds. The summed E-state index contributed by atoms with van der Waals surface area (Å²) < 4.78 is 2.69. The predicted octanol–water partition coefficient (Wildman–Crippen LogP) is 2.95. The Morgan fingerprint density at radius 1 is 1.27 bits per heavy atom. The van der Waals surface area contributed by atoms with Crippen LogP contribution in [-0.2, 0) is 0 Å². The van der Waals surface area contributed by atoms with Gasteiger partial charge in [-0.1, -0.05) is 6.07 Å². The number of fused-ring (bicyclic) bond motifs is 1. The maximum atomic E-state index is 10.1. The van der Waals surface area contributed by atoms with E-state index in [1.54, 1.807) is 16.7 Å². The number of aliphatic imine (C=N–C) groups is 1. The highest BCUT2D eigenvalue weighted by molar-refractivity contribution is 6.20. The van der Waals surface area contributed by atoms with E-state index in [2.05, 4.69) is 36.6 Å². The van der Waals surface area contributed by atoms with E-state index in [-0.39, 0.29) is 11.5 Å². The van der Waals surface area contributed by atoms with Crippen molar-refractivity contribution in [2.45, 2.75) is 6.42 Å². The molecule has 1 aliphatic rings. The van der Waals surface area contributed by atoms with E-state index in [1.165, 1.54) is 6.08 Å². The van der Waals surface area contributed by atoms with Gasteiger partial charge >= 0.3 is 0 Å². The topological polar surface area (TPSA) is 85.8 Å². The van der Waals surface area contributed by atoms with E-state index in [9.17, 15) is 5.11 Å². The molecule has 3 N–H and O–H groups in total. The summed E-state index contributed by atoms with van der Waals surface area (Å²) >= 11 is 0. The minimum atomic E-state index is -0.0104. The SMILES string of the molecule is C[N+](C)(C)CCCNc1nn2ccccc2c1/N=C1\C=CC(=N)C=C1O. The number of rotatable bonds is 6. The van der Waals surface area contributed by atoms with Crippen molar-refractivity contribution in [2.24, 2.45) is 4.99 Å². The summed E-state index contributed by atoms with van der Waals surface area (Å²) in [6.07, 6.45) is 7.52. The van der Waals surface area contributed by atoms with E-state index in [0.29, 0.717) is 17.2 Å². The molecule has 0 aliphatic heterocycles. The average molecular weight is 353 g/mol. The third-order valence-corrected chi connectivity index (χ3v) is 4.02. The van der Waals surface area contributed by atoms with Crippen molar-refractivity contribution in [3.63, 3.8) is 0 Å². The number of aliphatic hydroxyl groups is 1. The molecule has 136 valence electrons. The van der Waals surface area contributed by atoms with Crippen LogP contribution in [0.1, 0.15) is 6.42 Å². The highest BCUT2D eigenvalue weighted by Gasteiger charge is 2.15. The Balaban J connectivity index is 1.89. The number of nitrogens with one attached hydrogen (secondary N) is 2. The van der Waals surface area contributed by atoms with E-state index in [4.69, 9.17) is 5.41 Å². The zero-order valence-corrected chi connectivity index (χ0v) is 15.4. The van der Waals surface area contributed by atoms with Crippen LogP contribution in [0.3, 0.4) is 0 Å². The molecule has 26 heavy (non-hydrogen) atoms. The number of pyridine rings is 1. The normalized spacial score (nSPS) is 16.3. The molecule has 0 atom stereocenters. The van der Waals surface area contributed by atoms with Crippen LogP contribution in [0, 0.1) is 5.41 Å². The molecule has 0 unspecified atom stereocenters. The minimum Gasteiger partial charge on any atom is -0.506 e. The molecular weight excluding hydrogens is 328 g/mol. The van der Waals surface area contributed by atoms with Gasteiger partial charge in [0.05, 0.1) is 38.9 Å². The number of nitrogens with zero attached hydrogens (tertiary/aromatic N) is 4. The molecule has 2 heterocycles. The van der Waals surface area contributed by atoms with Crippen LogP contribution < -0.4 is 5.32 Å². The molecule has 2 aromatic rings. The van der Waals surface area contributed by atoms with Gasteiger partial charge < -0.3 is 20.3 Å².